The molecule has 6 heteroatoms. The number of hydrogen-bond donors (Lipinski definition) is 3. The van der Waals surface area contributed by atoms with E-state index in [-0.39, 0.29) is 11.5 Å². The van der Waals surface area contributed by atoms with E-state index in [0.29, 0.717) is 19.4 Å². The van der Waals surface area contributed by atoms with Crippen LogP contribution in [0.15, 0.2) is 35.1 Å². The first-order valence-electron chi connectivity index (χ1n) is 7.85. The first kappa shape index (κ1) is 15.7. The zero-order valence-corrected chi connectivity index (χ0v) is 12.9. The zero-order valence-electron chi connectivity index (χ0n) is 12.9. The van der Waals surface area contributed by atoms with Crippen molar-refractivity contribution >= 4 is 16.8 Å². The highest BCUT2D eigenvalue weighted by Gasteiger charge is 2.28. The number of fused-ring (bicyclic) bond motifs is 1. The molecule has 23 heavy (non-hydrogen) atoms. The summed E-state index contributed by atoms with van der Waals surface area (Å²) in [5, 5.41) is 10.8. The van der Waals surface area contributed by atoms with Gasteiger partial charge in [0.1, 0.15) is 6.10 Å². The number of aromatic amines is 1. The second kappa shape index (κ2) is 6.52. The van der Waals surface area contributed by atoms with Crippen molar-refractivity contribution in [3.8, 4) is 0 Å². The van der Waals surface area contributed by atoms with Gasteiger partial charge >= 0.3 is 0 Å². The van der Waals surface area contributed by atoms with Crippen molar-refractivity contribution in [1.29, 1.82) is 0 Å². The maximum atomic E-state index is 12.2. The molecule has 1 fully saturated rings. The number of H-pyrrole nitrogens is 1. The molecule has 0 unspecified atom stereocenters. The molecule has 1 aromatic carbocycles. The molecule has 0 aliphatic carbocycles. The van der Waals surface area contributed by atoms with Crippen molar-refractivity contribution in [2.24, 2.45) is 11.7 Å². The molecule has 6 nitrogen and oxygen atoms in total. The van der Waals surface area contributed by atoms with E-state index in [2.05, 4.69) is 9.88 Å². The Bertz CT molecular complexity index is 763. The second-order valence-corrected chi connectivity index (χ2v) is 6.17. The topological polar surface area (TPSA) is 99.4 Å². The van der Waals surface area contributed by atoms with Gasteiger partial charge in [-0.3, -0.25) is 14.5 Å². The van der Waals surface area contributed by atoms with Crippen LogP contribution >= 0.6 is 0 Å². The van der Waals surface area contributed by atoms with Crippen LogP contribution < -0.4 is 11.3 Å². The number of aliphatic hydroxyl groups excluding tert-OH is 1. The van der Waals surface area contributed by atoms with E-state index in [1.807, 2.05) is 30.3 Å². The average molecular weight is 315 g/mol. The minimum Gasteiger partial charge on any atom is -0.383 e. The van der Waals surface area contributed by atoms with Gasteiger partial charge in [0.05, 0.1) is 0 Å². The first-order valence-corrected chi connectivity index (χ1v) is 7.85. The van der Waals surface area contributed by atoms with Gasteiger partial charge in [-0.25, -0.2) is 0 Å². The van der Waals surface area contributed by atoms with Crippen molar-refractivity contribution in [2.45, 2.75) is 25.5 Å². The number of aromatic nitrogens is 1. The lowest BCUT2D eigenvalue weighted by Crippen LogP contribution is -2.42. The Morgan fingerprint density at radius 1 is 1.35 bits per heavy atom. The van der Waals surface area contributed by atoms with Crippen LogP contribution in [-0.2, 0) is 11.3 Å². The molecule has 0 bridgehead atoms. The van der Waals surface area contributed by atoms with Gasteiger partial charge in [-0.15, -0.1) is 0 Å². The Kier molecular flexibility index (Phi) is 4.45. The molecule has 4 N–H and O–H groups in total. The van der Waals surface area contributed by atoms with Gasteiger partial charge in [0.2, 0.25) is 5.91 Å². The van der Waals surface area contributed by atoms with Gasteiger partial charge in [-0.1, -0.05) is 18.2 Å². The third-order valence-corrected chi connectivity index (χ3v) is 4.59. The predicted octanol–water partition coefficient (Wildman–Crippen LogP) is 0.586. The molecule has 0 spiro atoms. The molecule has 1 aliphatic rings. The van der Waals surface area contributed by atoms with Gasteiger partial charge < -0.3 is 15.8 Å². The van der Waals surface area contributed by atoms with Crippen LogP contribution in [0.4, 0.5) is 0 Å². The van der Waals surface area contributed by atoms with Gasteiger partial charge in [0.15, 0.2) is 0 Å². The number of primary amides is 1. The summed E-state index contributed by atoms with van der Waals surface area (Å²) in [5.74, 6) is -0.743. The zero-order chi connectivity index (χ0) is 16.4. The maximum absolute atomic E-state index is 12.2. The van der Waals surface area contributed by atoms with E-state index in [1.165, 1.54) is 0 Å². The maximum Gasteiger partial charge on any atom is 0.252 e. The molecule has 1 aromatic heterocycles. The highest BCUT2D eigenvalue weighted by molar-refractivity contribution is 5.79. The molecule has 0 radical (unpaired) electrons. The molecule has 1 amide bonds. The number of carbonyl (C=O) groups is 1. The van der Waals surface area contributed by atoms with E-state index in [1.54, 1.807) is 0 Å². The van der Waals surface area contributed by atoms with E-state index < -0.39 is 12.0 Å². The molecule has 1 atom stereocenters. The normalized spacial score (nSPS) is 18.1. The van der Waals surface area contributed by atoms with Crippen molar-refractivity contribution in [3.05, 3.63) is 46.2 Å². The van der Waals surface area contributed by atoms with Crippen LogP contribution in [0.5, 0.6) is 0 Å². The molecule has 2 heterocycles. The molecule has 122 valence electrons. The number of para-hydroxylation sites is 1. The Morgan fingerprint density at radius 3 is 2.74 bits per heavy atom. The summed E-state index contributed by atoms with van der Waals surface area (Å²) in [6.45, 7) is 2.04. The summed E-state index contributed by atoms with van der Waals surface area (Å²) in [4.78, 5) is 28.3. The number of piperidine rings is 1. The summed E-state index contributed by atoms with van der Waals surface area (Å²) >= 11 is 0. The number of aliphatic hydroxyl groups is 1. The monoisotopic (exact) mass is 315 g/mol. The number of rotatable bonds is 4. The lowest BCUT2D eigenvalue weighted by Gasteiger charge is -2.33. The van der Waals surface area contributed by atoms with Gasteiger partial charge in [-0.05, 0) is 49.4 Å². The standard InChI is InChI=1S/C17H21N3O3/c18-16(22)15(21)11-5-7-20(8-6-11)10-13-9-12-3-1-2-4-14(12)19-17(13)23/h1-4,9,11,15,21H,5-8,10H2,(H2,18,22)(H,19,23)/t15-/m1/s1. The number of benzene rings is 1. The SMILES string of the molecule is NC(=O)[C@H](O)C1CCN(Cc2cc3ccccc3[nH]c2=O)CC1. The van der Waals surface area contributed by atoms with Crippen LogP contribution in [0.3, 0.4) is 0 Å². The third kappa shape index (κ3) is 3.43. The predicted molar refractivity (Wildman–Crippen MR) is 87.8 cm³/mol. The minimum absolute atomic E-state index is 0.0667. The lowest BCUT2D eigenvalue weighted by molar-refractivity contribution is -0.129. The second-order valence-electron chi connectivity index (χ2n) is 6.17. The van der Waals surface area contributed by atoms with Crippen LogP contribution in [0.2, 0.25) is 0 Å². The van der Waals surface area contributed by atoms with Crippen molar-refractivity contribution in [1.82, 2.24) is 9.88 Å². The van der Waals surface area contributed by atoms with Gasteiger partial charge in [0, 0.05) is 17.6 Å². The summed E-state index contributed by atoms with van der Waals surface area (Å²) < 4.78 is 0. The lowest BCUT2D eigenvalue weighted by atomic mass is 9.90. The van der Waals surface area contributed by atoms with Crippen LogP contribution in [0, 0.1) is 5.92 Å². The Balaban J connectivity index is 1.68. The van der Waals surface area contributed by atoms with Gasteiger partial charge in [-0.2, -0.15) is 0 Å². The van der Waals surface area contributed by atoms with Crippen molar-refractivity contribution in [2.75, 3.05) is 13.1 Å². The average Bonchev–Trinajstić information content (AvgIpc) is 2.55. The third-order valence-electron chi connectivity index (χ3n) is 4.59. The Hall–Kier alpha value is -2.18. The summed E-state index contributed by atoms with van der Waals surface area (Å²) in [5.41, 5.74) is 6.65. The summed E-state index contributed by atoms with van der Waals surface area (Å²) in [6.07, 6.45) is 0.340. The fourth-order valence-corrected chi connectivity index (χ4v) is 3.21. The molecule has 2 aromatic rings. The summed E-state index contributed by atoms with van der Waals surface area (Å²) in [6, 6.07) is 9.63. The first-order chi connectivity index (χ1) is 11.0. The Morgan fingerprint density at radius 2 is 2.04 bits per heavy atom. The molecule has 3 rings (SSSR count). The van der Waals surface area contributed by atoms with Crippen LogP contribution in [0.25, 0.3) is 10.9 Å². The smallest absolute Gasteiger partial charge is 0.252 e. The van der Waals surface area contributed by atoms with Gasteiger partial charge in [0.25, 0.3) is 5.56 Å². The number of pyridine rings is 1. The number of nitrogens with two attached hydrogens (primary N) is 1. The van der Waals surface area contributed by atoms with E-state index in [4.69, 9.17) is 5.73 Å². The molecule has 1 saturated heterocycles. The number of carbonyl (C=O) groups excluding carboxylic acids is 1. The van der Waals surface area contributed by atoms with E-state index in [0.717, 1.165) is 29.6 Å². The number of amides is 1. The van der Waals surface area contributed by atoms with Crippen LogP contribution in [-0.4, -0.2) is 40.1 Å². The highest BCUT2D eigenvalue weighted by atomic mass is 16.3. The minimum atomic E-state index is -1.07. The molecular formula is C17H21N3O3. The quantitative estimate of drug-likeness (QED) is 0.768. The highest BCUT2D eigenvalue weighted by Crippen LogP contribution is 2.22. The molecule has 0 saturated carbocycles. The Labute approximate surface area is 133 Å². The largest absolute Gasteiger partial charge is 0.383 e. The van der Waals surface area contributed by atoms with Crippen LogP contribution in [0.1, 0.15) is 18.4 Å². The fraction of sp³-hybridized carbons (Fsp3) is 0.412. The fourth-order valence-electron chi connectivity index (χ4n) is 3.21. The number of hydrogen-bond acceptors (Lipinski definition) is 4. The summed E-state index contributed by atoms with van der Waals surface area (Å²) in [7, 11) is 0. The van der Waals surface area contributed by atoms with E-state index >= 15 is 0 Å². The number of likely N-dealkylation sites (tertiary alicyclic amines) is 1. The number of nitrogens with one attached hydrogen (secondary N) is 1. The van der Waals surface area contributed by atoms with Crippen molar-refractivity contribution in [3.63, 3.8) is 0 Å². The van der Waals surface area contributed by atoms with E-state index in [9.17, 15) is 14.7 Å². The van der Waals surface area contributed by atoms with Crippen molar-refractivity contribution < 1.29 is 9.90 Å². The molecular weight excluding hydrogens is 294 g/mol. The molecule has 1 aliphatic heterocycles. The number of nitrogens with zero attached hydrogens (tertiary/aromatic N) is 1.